The number of benzene rings is 1. The lowest BCUT2D eigenvalue weighted by Crippen LogP contribution is -2.64. The van der Waals surface area contributed by atoms with Crippen molar-refractivity contribution in [2.45, 2.75) is 19.8 Å². The van der Waals surface area contributed by atoms with Gasteiger partial charge in [0.15, 0.2) is 11.5 Å². The van der Waals surface area contributed by atoms with E-state index in [4.69, 9.17) is 4.74 Å². The van der Waals surface area contributed by atoms with Gasteiger partial charge in [-0.1, -0.05) is 19.1 Å². The summed E-state index contributed by atoms with van der Waals surface area (Å²) in [6.45, 7) is 5.27. The molecule has 0 atom stereocenters. The van der Waals surface area contributed by atoms with Crippen LogP contribution in [-0.4, -0.2) is 51.2 Å². The van der Waals surface area contributed by atoms with Crippen molar-refractivity contribution in [1.29, 1.82) is 0 Å². The molecule has 110 valence electrons. The molecule has 0 spiro atoms. The maximum absolute atomic E-state index is 12.4. The van der Waals surface area contributed by atoms with E-state index >= 15 is 0 Å². The third-order valence-corrected chi connectivity index (χ3v) is 4.11. The molecule has 0 aromatic heterocycles. The van der Waals surface area contributed by atoms with E-state index in [1.54, 1.807) is 0 Å². The lowest BCUT2D eigenvalue weighted by Gasteiger charge is -2.44. The summed E-state index contributed by atoms with van der Waals surface area (Å²) < 4.78 is 6.22. The molecule has 1 saturated heterocycles. The van der Waals surface area contributed by atoms with Crippen LogP contribution in [-0.2, 0) is 4.74 Å². The Morgan fingerprint density at radius 2 is 1.90 bits per heavy atom. The number of morpholine rings is 1. The van der Waals surface area contributed by atoms with Gasteiger partial charge in [-0.05, 0) is 12.5 Å². The summed E-state index contributed by atoms with van der Waals surface area (Å²) in [6, 6.07) is 8.04. The molecule has 0 saturated carbocycles. The summed E-state index contributed by atoms with van der Waals surface area (Å²) in [5.41, 5.74) is 1.98. The molecule has 1 heterocycles. The maximum atomic E-state index is 12.4. The van der Waals surface area contributed by atoms with Crippen molar-refractivity contribution in [3.8, 4) is 0 Å². The van der Waals surface area contributed by atoms with E-state index in [0.717, 1.165) is 44.0 Å². The van der Waals surface area contributed by atoms with Crippen LogP contribution >= 0.6 is 0 Å². The number of hydrogen-bond donors (Lipinski definition) is 0. The molecule has 1 aromatic rings. The number of carbonyl (C=O) groups is 1. The van der Waals surface area contributed by atoms with Gasteiger partial charge in [-0.25, -0.2) is 4.59 Å². The molecule has 0 unspecified atom stereocenters. The number of ketones is 1. The Kier molecular flexibility index (Phi) is 4.91. The minimum Gasteiger partial charge on any atom is -0.370 e. The van der Waals surface area contributed by atoms with E-state index in [1.807, 2.05) is 25.1 Å². The highest BCUT2D eigenvalue weighted by molar-refractivity contribution is 6.00. The second-order valence-electron chi connectivity index (χ2n) is 5.52. The molecule has 1 aliphatic rings. The van der Waals surface area contributed by atoms with Crippen LogP contribution in [0.5, 0.6) is 0 Å². The van der Waals surface area contributed by atoms with E-state index in [0.29, 0.717) is 11.0 Å². The van der Waals surface area contributed by atoms with E-state index in [-0.39, 0.29) is 5.78 Å². The van der Waals surface area contributed by atoms with E-state index < -0.39 is 0 Å². The van der Waals surface area contributed by atoms with Crippen LogP contribution in [0.1, 0.15) is 30.1 Å². The molecule has 0 N–H and O–H groups in total. The first-order valence-electron chi connectivity index (χ1n) is 7.37. The second kappa shape index (κ2) is 6.48. The monoisotopic (exact) mass is 277 g/mol. The topological polar surface area (TPSA) is 29.5 Å². The zero-order valence-electron chi connectivity index (χ0n) is 12.8. The highest BCUT2D eigenvalue weighted by Gasteiger charge is 2.38. The predicted molar refractivity (Wildman–Crippen MR) is 81.7 cm³/mol. The van der Waals surface area contributed by atoms with Gasteiger partial charge in [0.1, 0.15) is 13.1 Å². The smallest absolute Gasteiger partial charge is 0.168 e. The fraction of sp³-hybridized carbons (Fsp3) is 0.562. The van der Waals surface area contributed by atoms with Gasteiger partial charge >= 0.3 is 0 Å². The van der Waals surface area contributed by atoms with E-state index in [9.17, 15) is 4.79 Å². The third kappa shape index (κ3) is 2.77. The maximum Gasteiger partial charge on any atom is 0.168 e. The quantitative estimate of drug-likeness (QED) is 0.612. The Morgan fingerprint density at radius 1 is 1.25 bits per heavy atom. The Labute approximate surface area is 121 Å². The molecule has 0 aliphatic carbocycles. The molecule has 4 heteroatoms. The number of carbonyl (C=O) groups excluding carboxylic acids is 1. The Bertz CT molecular complexity index is 465. The van der Waals surface area contributed by atoms with Crippen LogP contribution in [0.3, 0.4) is 0 Å². The van der Waals surface area contributed by atoms with Crippen molar-refractivity contribution in [2.75, 3.05) is 40.4 Å². The predicted octanol–water partition coefficient (Wildman–Crippen LogP) is 2.48. The van der Waals surface area contributed by atoms with Crippen LogP contribution in [0.15, 0.2) is 24.3 Å². The Morgan fingerprint density at radius 3 is 2.50 bits per heavy atom. The van der Waals surface area contributed by atoms with Gasteiger partial charge in [-0.15, -0.1) is 0 Å². The standard InChI is InChI=1S/C16H25N2O2/c1-4-7-16(19)14-8-5-6-9-15(14)18(17(2)3)10-12-20-13-11-18/h5-6,8-9H,4,7,10-13H2,1-3H3/q+1. The first-order chi connectivity index (χ1) is 9.62. The summed E-state index contributed by atoms with van der Waals surface area (Å²) in [5.74, 6) is 0.244. The van der Waals surface area contributed by atoms with Crippen LogP contribution in [0.2, 0.25) is 0 Å². The number of para-hydroxylation sites is 1. The molecule has 2 rings (SSSR count). The highest BCUT2D eigenvalue weighted by Crippen LogP contribution is 2.31. The first-order valence-corrected chi connectivity index (χ1v) is 7.37. The van der Waals surface area contributed by atoms with Crippen molar-refractivity contribution in [1.82, 2.24) is 9.60 Å². The summed E-state index contributed by atoms with van der Waals surface area (Å²) in [4.78, 5) is 12.4. The van der Waals surface area contributed by atoms with Crippen molar-refractivity contribution < 1.29 is 9.53 Å². The van der Waals surface area contributed by atoms with Crippen LogP contribution < -0.4 is 4.59 Å². The molecule has 1 aliphatic heterocycles. The molecule has 1 fully saturated rings. The zero-order chi connectivity index (χ0) is 14.6. The molecular formula is C16H25N2O2+. The van der Waals surface area contributed by atoms with Gasteiger partial charge in [0.2, 0.25) is 0 Å². The fourth-order valence-electron chi connectivity index (χ4n) is 2.94. The summed E-state index contributed by atoms with van der Waals surface area (Å²) in [5, 5.41) is 2.20. The molecule has 0 amide bonds. The number of quaternary nitrogens is 1. The van der Waals surface area contributed by atoms with E-state index in [2.05, 4.69) is 25.2 Å². The number of rotatable bonds is 5. The largest absolute Gasteiger partial charge is 0.370 e. The minimum atomic E-state index is 0.244. The SMILES string of the molecule is CCCC(=O)c1ccccc1[N+]1(N(C)C)CCOCC1. The zero-order valence-corrected chi connectivity index (χ0v) is 12.8. The Balaban J connectivity index is 2.46. The van der Waals surface area contributed by atoms with Gasteiger partial charge in [0.05, 0.1) is 18.8 Å². The number of ether oxygens (including phenoxy) is 1. The van der Waals surface area contributed by atoms with Gasteiger partial charge in [-0.3, -0.25) is 4.79 Å². The van der Waals surface area contributed by atoms with Crippen molar-refractivity contribution in [2.24, 2.45) is 0 Å². The second-order valence-corrected chi connectivity index (χ2v) is 5.52. The van der Waals surface area contributed by atoms with Gasteiger partial charge in [-0.2, -0.15) is 5.01 Å². The molecule has 1 aromatic carbocycles. The first kappa shape index (κ1) is 15.2. The molecule has 0 radical (unpaired) electrons. The molecule has 4 nitrogen and oxygen atoms in total. The summed E-state index contributed by atoms with van der Waals surface area (Å²) in [6.07, 6.45) is 1.50. The number of hydrogen-bond acceptors (Lipinski definition) is 3. The van der Waals surface area contributed by atoms with Crippen LogP contribution in [0.25, 0.3) is 0 Å². The lowest BCUT2D eigenvalue weighted by molar-refractivity contribution is -0.0549. The summed E-state index contributed by atoms with van der Waals surface area (Å²) in [7, 11) is 4.15. The normalized spacial score (nSPS) is 18.2. The number of nitrogens with zero attached hydrogens (tertiary/aromatic N) is 2. The van der Waals surface area contributed by atoms with Gasteiger partial charge in [0.25, 0.3) is 0 Å². The van der Waals surface area contributed by atoms with Crippen molar-refractivity contribution in [3.63, 3.8) is 0 Å². The highest BCUT2D eigenvalue weighted by atomic mass is 16.5. The van der Waals surface area contributed by atoms with Crippen LogP contribution in [0, 0.1) is 0 Å². The number of Topliss-reactive ketones (excluding diaryl/α,β-unsaturated/α-hetero) is 1. The third-order valence-electron chi connectivity index (χ3n) is 4.11. The molecule has 20 heavy (non-hydrogen) atoms. The van der Waals surface area contributed by atoms with Crippen molar-refractivity contribution >= 4 is 11.5 Å². The minimum absolute atomic E-state index is 0.244. The van der Waals surface area contributed by atoms with Crippen molar-refractivity contribution in [3.05, 3.63) is 29.8 Å². The van der Waals surface area contributed by atoms with Gasteiger partial charge in [0, 0.05) is 26.6 Å². The average Bonchev–Trinajstić information content (AvgIpc) is 2.48. The summed E-state index contributed by atoms with van der Waals surface area (Å²) >= 11 is 0. The fourth-order valence-corrected chi connectivity index (χ4v) is 2.94. The van der Waals surface area contributed by atoms with Crippen LogP contribution in [0.4, 0.5) is 5.69 Å². The molecular weight excluding hydrogens is 252 g/mol. The molecule has 0 bridgehead atoms. The lowest BCUT2D eigenvalue weighted by atomic mass is 10.0. The van der Waals surface area contributed by atoms with E-state index in [1.165, 1.54) is 0 Å². The van der Waals surface area contributed by atoms with Gasteiger partial charge < -0.3 is 4.74 Å². The average molecular weight is 277 g/mol. The Hall–Kier alpha value is -1.23.